The molecule has 2 aromatic carbocycles. The number of nitrogens with zero attached hydrogens (tertiary/aromatic N) is 1. The first-order valence-electron chi connectivity index (χ1n) is 9.55. The molecule has 0 saturated heterocycles. The molecule has 6 heteroatoms. The van der Waals surface area contributed by atoms with Crippen LogP contribution in [0.3, 0.4) is 0 Å². The van der Waals surface area contributed by atoms with Gasteiger partial charge < -0.3 is 5.73 Å². The number of thiol groups is 1. The standard InChI is InChI=1S/C23H22N2OS3/c1-2-3-13-29(26)23-21(24)20-17(15-9-5-4-6-10-15)14-18(25-22(20)28-23)16-11-7-8-12-19(16)27/h4-12,14,27H,2-3,13,24H2,1H3. The van der Waals surface area contributed by atoms with Crippen molar-refractivity contribution in [2.75, 3.05) is 11.5 Å². The smallest absolute Gasteiger partial charge is 0.127 e. The summed E-state index contributed by atoms with van der Waals surface area (Å²) in [4.78, 5) is 6.58. The summed E-state index contributed by atoms with van der Waals surface area (Å²) in [5, 5.41) is 0.890. The van der Waals surface area contributed by atoms with Crippen molar-refractivity contribution in [3.8, 4) is 22.4 Å². The molecule has 0 bridgehead atoms. The van der Waals surface area contributed by atoms with Crippen molar-refractivity contribution in [1.82, 2.24) is 4.98 Å². The maximum absolute atomic E-state index is 12.9. The van der Waals surface area contributed by atoms with Gasteiger partial charge in [0.1, 0.15) is 9.04 Å². The number of fused-ring (bicyclic) bond motifs is 1. The van der Waals surface area contributed by atoms with Gasteiger partial charge in [0.05, 0.1) is 22.2 Å². The minimum absolute atomic E-state index is 0.594. The van der Waals surface area contributed by atoms with Gasteiger partial charge in [0, 0.05) is 21.6 Å². The van der Waals surface area contributed by atoms with E-state index >= 15 is 0 Å². The Morgan fingerprint density at radius 2 is 1.79 bits per heavy atom. The van der Waals surface area contributed by atoms with E-state index in [0.717, 1.165) is 54.5 Å². The van der Waals surface area contributed by atoms with E-state index in [-0.39, 0.29) is 0 Å². The zero-order valence-corrected chi connectivity index (χ0v) is 18.6. The van der Waals surface area contributed by atoms with Crippen molar-refractivity contribution >= 4 is 50.7 Å². The highest BCUT2D eigenvalue weighted by molar-refractivity contribution is 7.87. The molecular weight excluding hydrogens is 416 g/mol. The molecule has 0 radical (unpaired) electrons. The van der Waals surface area contributed by atoms with Crippen LogP contribution in [0.1, 0.15) is 19.8 Å². The Bertz CT molecular complexity index is 1190. The number of nitrogens with two attached hydrogens (primary N) is 1. The average molecular weight is 439 g/mol. The molecule has 0 spiro atoms. The second-order valence-corrected chi connectivity index (χ2v) is 10.1. The van der Waals surface area contributed by atoms with Crippen molar-refractivity contribution in [2.45, 2.75) is 28.9 Å². The highest BCUT2D eigenvalue weighted by atomic mass is 32.2. The number of rotatable bonds is 6. The van der Waals surface area contributed by atoms with E-state index in [2.05, 4.69) is 37.8 Å². The number of pyridine rings is 1. The Balaban J connectivity index is 1.97. The first kappa shape index (κ1) is 20.1. The largest absolute Gasteiger partial charge is 0.396 e. The second kappa shape index (κ2) is 8.69. The maximum Gasteiger partial charge on any atom is 0.127 e. The quantitative estimate of drug-likeness (QED) is 0.342. The van der Waals surface area contributed by atoms with Crippen LogP contribution in [0.4, 0.5) is 5.69 Å². The third kappa shape index (κ3) is 3.97. The molecule has 3 nitrogen and oxygen atoms in total. The van der Waals surface area contributed by atoms with Crippen LogP contribution in [0.5, 0.6) is 0 Å². The second-order valence-electron chi connectivity index (χ2n) is 6.82. The van der Waals surface area contributed by atoms with E-state index in [9.17, 15) is 4.21 Å². The fraction of sp³-hybridized carbons (Fsp3) is 0.174. The fourth-order valence-corrected chi connectivity index (χ4v) is 6.38. The number of aromatic nitrogens is 1. The van der Waals surface area contributed by atoms with Gasteiger partial charge in [-0.05, 0) is 29.7 Å². The minimum atomic E-state index is -1.11. The number of hydrogen-bond acceptors (Lipinski definition) is 5. The Kier molecular flexibility index (Phi) is 6.04. The van der Waals surface area contributed by atoms with E-state index < -0.39 is 10.8 Å². The molecule has 2 heterocycles. The number of benzene rings is 2. The molecule has 4 rings (SSSR count). The lowest BCUT2D eigenvalue weighted by Gasteiger charge is -2.10. The fourth-order valence-electron chi connectivity index (χ4n) is 3.31. The van der Waals surface area contributed by atoms with Crippen molar-refractivity contribution in [3.63, 3.8) is 0 Å². The number of thiophene rings is 1. The molecule has 0 aliphatic rings. The number of anilines is 1. The summed E-state index contributed by atoms with van der Waals surface area (Å²) in [6, 6.07) is 20.1. The lowest BCUT2D eigenvalue weighted by molar-refractivity contribution is 0.681. The monoisotopic (exact) mass is 438 g/mol. The van der Waals surface area contributed by atoms with Gasteiger partial charge in [-0.3, -0.25) is 4.21 Å². The van der Waals surface area contributed by atoms with Crippen molar-refractivity contribution in [2.24, 2.45) is 0 Å². The average Bonchev–Trinajstić information content (AvgIpc) is 3.09. The highest BCUT2D eigenvalue weighted by Gasteiger charge is 2.21. The summed E-state index contributed by atoms with van der Waals surface area (Å²) >= 11 is 6.06. The summed E-state index contributed by atoms with van der Waals surface area (Å²) in [5.41, 5.74) is 11.0. The Morgan fingerprint density at radius 3 is 2.52 bits per heavy atom. The lowest BCUT2D eigenvalue weighted by atomic mass is 10.00. The predicted molar refractivity (Wildman–Crippen MR) is 128 cm³/mol. The Hall–Kier alpha value is -2.15. The normalized spacial score (nSPS) is 12.3. The summed E-state index contributed by atoms with van der Waals surface area (Å²) in [6.07, 6.45) is 1.92. The first-order valence-corrected chi connectivity index (χ1v) is 12.1. The zero-order valence-electron chi connectivity index (χ0n) is 16.1. The van der Waals surface area contributed by atoms with Gasteiger partial charge in [-0.15, -0.1) is 24.0 Å². The maximum atomic E-state index is 12.9. The zero-order chi connectivity index (χ0) is 20.4. The molecule has 29 heavy (non-hydrogen) atoms. The Labute approximate surface area is 182 Å². The molecule has 0 saturated carbocycles. The van der Waals surface area contributed by atoms with Crippen LogP contribution >= 0.6 is 24.0 Å². The van der Waals surface area contributed by atoms with E-state index in [1.165, 1.54) is 11.3 Å². The predicted octanol–water partition coefficient (Wildman–Crippen LogP) is 6.41. The molecule has 0 amide bonds. The van der Waals surface area contributed by atoms with E-state index in [1.807, 2.05) is 42.5 Å². The molecule has 2 aromatic heterocycles. The van der Waals surface area contributed by atoms with Crippen LogP contribution in [0.2, 0.25) is 0 Å². The number of unbranched alkanes of at least 4 members (excludes halogenated alkanes) is 1. The summed E-state index contributed by atoms with van der Waals surface area (Å²) in [6.45, 7) is 2.10. The van der Waals surface area contributed by atoms with Gasteiger partial charge in [-0.1, -0.05) is 61.9 Å². The summed E-state index contributed by atoms with van der Waals surface area (Å²) in [7, 11) is -1.11. The van der Waals surface area contributed by atoms with Gasteiger partial charge in [0.15, 0.2) is 0 Å². The molecule has 0 aliphatic carbocycles. The third-order valence-corrected chi connectivity index (χ3v) is 8.20. The summed E-state index contributed by atoms with van der Waals surface area (Å²) < 4.78 is 13.6. The molecule has 2 N–H and O–H groups in total. The van der Waals surface area contributed by atoms with Crippen LogP contribution in [-0.2, 0) is 10.8 Å². The van der Waals surface area contributed by atoms with Crippen LogP contribution in [-0.4, -0.2) is 14.9 Å². The van der Waals surface area contributed by atoms with Crippen molar-refractivity contribution in [1.29, 1.82) is 0 Å². The Morgan fingerprint density at radius 1 is 1.07 bits per heavy atom. The number of nitrogen functional groups attached to an aromatic ring is 1. The topological polar surface area (TPSA) is 56.0 Å². The lowest BCUT2D eigenvalue weighted by Crippen LogP contribution is -1.99. The number of hydrogen-bond donors (Lipinski definition) is 2. The molecule has 4 aromatic rings. The van der Waals surface area contributed by atoms with Gasteiger partial charge in [0.2, 0.25) is 0 Å². The SMILES string of the molecule is CCCCS(=O)c1sc2nc(-c3ccccc3S)cc(-c3ccccc3)c2c1N. The van der Waals surface area contributed by atoms with Gasteiger partial charge in [0.25, 0.3) is 0 Å². The van der Waals surface area contributed by atoms with Crippen LogP contribution in [0, 0.1) is 0 Å². The third-order valence-electron chi connectivity index (χ3n) is 4.82. The van der Waals surface area contributed by atoms with Crippen LogP contribution in [0.15, 0.2) is 69.8 Å². The van der Waals surface area contributed by atoms with Crippen LogP contribution < -0.4 is 5.73 Å². The molecule has 148 valence electrons. The van der Waals surface area contributed by atoms with E-state index in [0.29, 0.717) is 11.4 Å². The van der Waals surface area contributed by atoms with Crippen molar-refractivity contribution < 1.29 is 4.21 Å². The van der Waals surface area contributed by atoms with E-state index in [1.54, 1.807) is 0 Å². The molecule has 0 aliphatic heterocycles. The molecule has 1 unspecified atom stereocenters. The van der Waals surface area contributed by atoms with Crippen LogP contribution in [0.25, 0.3) is 32.6 Å². The molecule has 1 atom stereocenters. The van der Waals surface area contributed by atoms with Gasteiger partial charge in [-0.25, -0.2) is 4.98 Å². The highest BCUT2D eigenvalue weighted by Crippen LogP contribution is 2.43. The molecular formula is C23H22N2OS3. The van der Waals surface area contributed by atoms with Gasteiger partial charge in [-0.2, -0.15) is 0 Å². The van der Waals surface area contributed by atoms with Crippen molar-refractivity contribution in [3.05, 3.63) is 60.7 Å². The summed E-state index contributed by atoms with van der Waals surface area (Å²) in [5.74, 6) is 0.626. The van der Waals surface area contributed by atoms with E-state index in [4.69, 9.17) is 10.7 Å². The van der Waals surface area contributed by atoms with Gasteiger partial charge >= 0.3 is 0 Å². The molecule has 0 fully saturated rings. The first-order chi connectivity index (χ1) is 14.1. The minimum Gasteiger partial charge on any atom is -0.396 e.